The van der Waals surface area contributed by atoms with Crippen molar-refractivity contribution in [2.24, 2.45) is 5.92 Å². The lowest BCUT2D eigenvalue weighted by Crippen LogP contribution is -2.52. The quantitative estimate of drug-likeness (QED) is 0.667. The summed E-state index contributed by atoms with van der Waals surface area (Å²) < 4.78 is 53.3. The molecule has 2 aliphatic heterocycles. The molecule has 0 atom stereocenters. The number of pyridine rings is 1. The summed E-state index contributed by atoms with van der Waals surface area (Å²) in [4.78, 5) is 20.8. The van der Waals surface area contributed by atoms with E-state index in [0.717, 1.165) is 18.0 Å². The van der Waals surface area contributed by atoms with Crippen LogP contribution in [-0.4, -0.2) is 67.8 Å². The zero-order chi connectivity index (χ0) is 22.9. The molecule has 2 saturated heterocycles. The fourth-order valence-corrected chi connectivity index (χ4v) is 5.65. The standard InChI is InChI=1S/C21H23ClF2N4O3S/c22-16-1-4-20(25-14-16)26-7-5-15(6-8-26)21(29)27-9-11-28(12-10-27)32(30,31)17-2-3-18(23)19(24)13-17/h1-4,13-15H,5-12H2. The summed E-state index contributed by atoms with van der Waals surface area (Å²) in [7, 11) is -3.95. The normalized spacial score (nSPS) is 18.7. The molecule has 1 amide bonds. The Bertz CT molecular complexity index is 1080. The summed E-state index contributed by atoms with van der Waals surface area (Å²) >= 11 is 5.88. The van der Waals surface area contributed by atoms with Crippen LogP contribution in [0.25, 0.3) is 0 Å². The van der Waals surface area contributed by atoms with Crippen LogP contribution in [0, 0.1) is 17.6 Å². The summed E-state index contributed by atoms with van der Waals surface area (Å²) in [5, 5.41) is 0.574. The topological polar surface area (TPSA) is 73.8 Å². The minimum Gasteiger partial charge on any atom is -0.357 e. The molecule has 2 aromatic rings. The minimum atomic E-state index is -3.95. The monoisotopic (exact) mass is 484 g/mol. The largest absolute Gasteiger partial charge is 0.357 e. The van der Waals surface area contributed by atoms with Crippen LogP contribution in [0.1, 0.15) is 12.8 Å². The lowest BCUT2D eigenvalue weighted by atomic mass is 9.95. The molecule has 32 heavy (non-hydrogen) atoms. The average Bonchev–Trinajstić information content (AvgIpc) is 2.81. The van der Waals surface area contributed by atoms with E-state index in [1.165, 1.54) is 4.31 Å². The van der Waals surface area contributed by atoms with Gasteiger partial charge in [0, 0.05) is 51.4 Å². The van der Waals surface area contributed by atoms with Crippen LogP contribution in [0.3, 0.4) is 0 Å². The molecule has 0 unspecified atom stereocenters. The molecule has 0 bridgehead atoms. The smallest absolute Gasteiger partial charge is 0.243 e. The van der Waals surface area contributed by atoms with Crippen LogP contribution in [0.4, 0.5) is 14.6 Å². The number of anilines is 1. The lowest BCUT2D eigenvalue weighted by molar-refractivity contribution is -0.137. The molecule has 11 heteroatoms. The van der Waals surface area contributed by atoms with Gasteiger partial charge in [-0.3, -0.25) is 4.79 Å². The van der Waals surface area contributed by atoms with Crippen LogP contribution in [0.2, 0.25) is 5.02 Å². The number of benzene rings is 1. The van der Waals surface area contributed by atoms with Crippen LogP contribution in [0.5, 0.6) is 0 Å². The minimum absolute atomic E-state index is 0.0265. The van der Waals surface area contributed by atoms with Crippen molar-refractivity contribution in [3.05, 3.63) is 53.2 Å². The van der Waals surface area contributed by atoms with Crippen molar-refractivity contribution in [2.45, 2.75) is 17.7 Å². The van der Waals surface area contributed by atoms with Crippen LogP contribution in [-0.2, 0) is 14.8 Å². The van der Waals surface area contributed by atoms with Gasteiger partial charge in [-0.2, -0.15) is 4.31 Å². The first-order valence-corrected chi connectivity index (χ1v) is 12.2. The molecule has 1 aromatic carbocycles. The molecule has 4 rings (SSSR count). The van der Waals surface area contributed by atoms with Crippen LogP contribution >= 0.6 is 11.6 Å². The molecule has 0 spiro atoms. The van der Waals surface area contributed by atoms with Gasteiger partial charge in [-0.25, -0.2) is 22.2 Å². The third-order valence-electron chi connectivity index (χ3n) is 5.96. The third kappa shape index (κ3) is 4.72. The highest BCUT2D eigenvalue weighted by Crippen LogP contribution is 2.26. The van der Waals surface area contributed by atoms with Crippen molar-refractivity contribution in [1.29, 1.82) is 0 Å². The third-order valence-corrected chi connectivity index (χ3v) is 8.08. The van der Waals surface area contributed by atoms with E-state index in [9.17, 15) is 22.0 Å². The molecule has 2 fully saturated rings. The summed E-state index contributed by atoms with van der Waals surface area (Å²) in [6, 6.07) is 6.18. The molecule has 3 heterocycles. The van der Waals surface area contributed by atoms with Gasteiger partial charge < -0.3 is 9.80 Å². The Morgan fingerprint density at radius 2 is 1.66 bits per heavy atom. The fourth-order valence-electron chi connectivity index (χ4n) is 4.10. The number of aromatic nitrogens is 1. The SMILES string of the molecule is O=C(C1CCN(c2ccc(Cl)cn2)CC1)N1CCN(S(=O)(=O)c2ccc(F)c(F)c2)CC1. The fraction of sp³-hybridized carbons (Fsp3) is 0.429. The van der Waals surface area contributed by atoms with Gasteiger partial charge >= 0.3 is 0 Å². The molecule has 2 aliphatic rings. The van der Waals surface area contributed by atoms with E-state index >= 15 is 0 Å². The number of nitrogens with zero attached hydrogens (tertiary/aromatic N) is 4. The second-order valence-electron chi connectivity index (χ2n) is 7.90. The summed E-state index contributed by atoms with van der Waals surface area (Å²) in [5.41, 5.74) is 0. The zero-order valence-corrected chi connectivity index (χ0v) is 18.8. The van der Waals surface area contributed by atoms with Gasteiger partial charge in [0.1, 0.15) is 5.82 Å². The van der Waals surface area contributed by atoms with Gasteiger partial charge in [0.15, 0.2) is 11.6 Å². The second-order valence-corrected chi connectivity index (χ2v) is 10.3. The van der Waals surface area contributed by atoms with Gasteiger partial charge in [-0.15, -0.1) is 0 Å². The van der Waals surface area contributed by atoms with Crippen molar-refractivity contribution in [3.8, 4) is 0 Å². The van der Waals surface area contributed by atoms with E-state index in [4.69, 9.17) is 11.6 Å². The van der Waals surface area contributed by atoms with Crippen molar-refractivity contribution < 1.29 is 22.0 Å². The van der Waals surface area contributed by atoms with E-state index in [1.54, 1.807) is 17.2 Å². The van der Waals surface area contributed by atoms with Gasteiger partial charge in [0.2, 0.25) is 15.9 Å². The van der Waals surface area contributed by atoms with Gasteiger partial charge in [0.25, 0.3) is 0 Å². The molecule has 0 saturated carbocycles. The first kappa shape index (κ1) is 22.9. The maximum Gasteiger partial charge on any atom is 0.243 e. The van der Waals surface area contributed by atoms with Crippen molar-refractivity contribution in [2.75, 3.05) is 44.2 Å². The molecular formula is C21H23ClF2N4O3S. The van der Waals surface area contributed by atoms with Crippen LogP contribution < -0.4 is 4.90 Å². The predicted octanol–water partition coefficient (Wildman–Crippen LogP) is 2.76. The number of carbonyl (C=O) groups excluding carboxylic acids is 1. The highest BCUT2D eigenvalue weighted by molar-refractivity contribution is 7.89. The number of carbonyl (C=O) groups is 1. The summed E-state index contributed by atoms with van der Waals surface area (Å²) in [6.45, 7) is 2.16. The van der Waals surface area contributed by atoms with E-state index in [0.29, 0.717) is 37.0 Å². The Kier molecular flexibility index (Phi) is 6.64. The second kappa shape index (κ2) is 9.29. The Morgan fingerprint density at radius 3 is 2.25 bits per heavy atom. The van der Waals surface area contributed by atoms with Crippen LogP contribution in [0.15, 0.2) is 41.4 Å². The number of piperidine rings is 1. The highest BCUT2D eigenvalue weighted by atomic mass is 35.5. The first-order valence-electron chi connectivity index (χ1n) is 10.4. The van der Waals surface area contributed by atoms with E-state index in [2.05, 4.69) is 9.88 Å². The van der Waals surface area contributed by atoms with Crippen molar-refractivity contribution in [3.63, 3.8) is 0 Å². The molecule has 7 nitrogen and oxygen atoms in total. The van der Waals surface area contributed by atoms with Gasteiger partial charge in [-0.05, 0) is 43.2 Å². The first-order chi connectivity index (χ1) is 15.3. The Morgan fingerprint density at radius 1 is 0.969 bits per heavy atom. The number of hydrogen-bond donors (Lipinski definition) is 0. The zero-order valence-electron chi connectivity index (χ0n) is 17.3. The number of amides is 1. The maximum absolute atomic E-state index is 13.5. The maximum atomic E-state index is 13.5. The van der Waals surface area contributed by atoms with Gasteiger partial charge in [0.05, 0.1) is 9.92 Å². The lowest BCUT2D eigenvalue weighted by Gasteiger charge is -2.38. The summed E-state index contributed by atoms with van der Waals surface area (Å²) in [5.74, 6) is -1.57. The van der Waals surface area contributed by atoms with E-state index in [-0.39, 0.29) is 42.9 Å². The van der Waals surface area contributed by atoms with Crippen molar-refractivity contribution in [1.82, 2.24) is 14.2 Å². The highest BCUT2D eigenvalue weighted by Gasteiger charge is 2.34. The van der Waals surface area contributed by atoms with E-state index in [1.807, 2.05) is 6.07 Å². The Hall–Kier alpha value is -2.30. The Balaban J connectivity index is 1.32. The Labute approximate surface area is 190 Å². The molecule has 172 valence electrons. The average molecular weight is 485 g/mol. The molecule has 1 aromatic heterocycles. The number of halogens is 3. The number of hydrogen-bond acceptors (Lipinski definition) is 5. The molecular weight excluding hydrogens is 462 g/mol. The predicted molar refractivity (Wildman–Crippen MR) is 116 cm³/mol. The summed E-state index contributed by atoms with van der Waals surface area (Å²) in [6.07, 6.45) is 2.98. The number of sulfonamides is 1. The molecule has 0 aliphatic carbocycles. The van der Waals surface area contributed by atoms with E-state index < -0.39 is 21.7 Å². The van der Waals surface area contributed by atoms with Gasteiger partial charge in [-0.1, -0.05) is 11.6 Å². The number of piperazine rings is 1. The van der Waals surface area contributed by atoms with Crippen molar-refractivity contribution >= 4 is 33.3 Å². The molecule has 0 N–H and O–H groups in total. The number of rotatable bonds is 4. The molecule has 0 radical (unpaired) electrons.